The van der Waals surface area contributed by atoms with E-state index in [2.05, 4.69) is 10.3 Å². The van der Waals surface area contributed by atoms with Gasteiger partial charge >= 0.3 is 0 Å². The molecule has 1 aromatic heterocycles. The molecule has 7 heteroatoms. The number of aryl methyl sites for hydroxylation is 1. The van der Waals surface area contributed by atoms with Gasteiger partial charge in [-0.2, -0.15) is 0 Å². The molecule has 0 aliphatic carbocycles. The Morgan fingerprint density at radius 1 is 1.30 bits per heavy atom. The van der Waals surface area contributed by atoms with Crippen LogP contribution < -0.4 is 5.32 Å². The minimum absolute atomic E-state index is 0.00483. The molecule has 1 amide bonds. The van der Waals surface area contributed by atoms with E-state index in [1.165, 1.54) is 11.3 Å². The van der Waals surface area contributed by atoms with Crippen molar-refractivity contribution in [2.45, 2.75) is 25.8 Å². The normalized spacial score (nSPS) is 22.9. The molecule has 2 aromatic rings. The Morgan fingerprint density at radius 2 is 2.00 bits per heavy atom. The molecule has 23 heavy (non-hydrogen) atoms. The van der Waals surface area contributed by atoms with E-state index in [1.54, 1.807) is 13.8 Å². The summed E-state index contributed by atoms with van der Waals surface area (Å²) in [7, 11) is -3.06. The summed E-state index contributed by atoms with van der Waals surface area (Å²) in [5.74, 6) is -0.127. The number of rotatable bonds is 3. The van der Waals surface area contributed by atoms with E-state index in [0.29, 0.717) is 17.0 Å². The zero-order valence-corrected chi connectivity index (χ0v) is 14.6. The Morgan fingerprint density at radius 3 is 2.61 bits per heavy atom. The minimum Gasteiger partial charge on any atom is -0.345 e. The lowest BCUT2D eigenvalue weighted by atomic mass is 10.0. The van der Waals surface area contributed by atoms with Crippen LogP contribution >= 0.6 is 11.3 Å². The lowest BCUT2D eigenvalue weighted by molar-refractivity contribution is 0.0919. The molecule has 1 atom stereocenters. The van der Waals surface area contributed by atoms with Gasteiger partial charge in [-0.25, -0.2) is 13.4 Å². The highest BCUT2D eigenvalue weighted by molar-refractivity contribution is 7.91. The van der Waals surface area contributed by atoms with Gasteiger partial charge in [0.15, 0.2) is 9.84 Å². The van der Waals surface area contributed by atoms with Crippen LogP contribution in [0.25, 0.3) is 10.6 Å². The van der Waals surface area contributed by atoms with Crippen molar-refractivity contribution in [3.8, 4) is 10.6 Å². The van der Waals surface area contributed by atoms with E-state index < -0.39 is 15.4 Å². The quantitative estimate of drug-likeness (QED) is 0.922. The maximum Gasteiger partial charge on any atom is 0.263 e. The fourth-order valence-electron chi connectivity index (χ4n) is 2.75. The molecule has 0 radical (unpaired) electrons. The number of carbonyl (C=O) groups excluding carboxylic acids is 1. The summed E-state index contributed by atoms with van der Waals surface area (Å²) >= 11 is 1.33. The van der Waals surface area contributed by atoms with Gasteiger partial charge in [-0.15, -0.1) is 11.3 Å². The monoisotopic (exact) mass is 350 g/mol. The number of hydrogen-bond donors (Lipinski definition) is 1. The molecule has 3 rings (SSSR count). The number of sulfone groups is 1. The molecular formula is C16H18N2O3S2. The van der Waals surface area contributed by atoms with Crippen molar-refractivity contribution in [2.75, 3.05) is 11.5 Å². The molecule has 122 valence electrons. The Bertz CT molecular complexity index is 843. The summed E-state index contributed by atoms with van der Waals surface area (Å²) in [4.78, 5) is 17.6. The highest BCUT2D eigenvalue weighted by Gasteiger charge is 2.40. The molecule has 2 heterocycles. The second kappa shape index (κ2) is 5.72. The van der Waals surface area contributed by atoms with Gasteiger partial charge in [-0.05, 0) is 20.3 Å². The van der Waals surface area contributed by atoms with Crippen LogP contribution in [0.4, 0.5) is 0 Å². The molecule has 0 spiro atoms. The number of aromatic nitrogens is 1. The summed E-state index contributed by atoms with van der Waals surface area (Å²) in [6.45, 7) is 3.58. The molecule has 1 fully saturated rings. The SMILES string of the molecule is Cc1nc(-c2ccccc2)sc1C(=O)N[C@@]1(C)CCS(=O)(=O)C1. The smallest absolute Gasteiger partial charge is 0.263 e. The van der Waals surface area contributed by atoms with Crippen LogP contribution in [0.15, 0.2) is 30.3 Å². The highest BCUT2D eigenvalue weighted by atomic mass is 32.2. The first kappa shape index (κ1) is 16.1. The fraction of sp³-hybridized carbons (Fsp3) is 0.375. The number of amides is 1. The summed E-state index contributed by atoms with van der Waals surface area (Å²) in [6, 6.07) is 9.68. The fourth-order valence-corrected chi connectivity index (χ4v) is 5.81. The van der Waals surface area contributed by atoms with E-state index in [4.69, 9.17) is 0 Å². The zero-order valence-electron chi connectivity index (χ0n) is 13.0. The third-order valence-electron chi connectivity index (χ3n) is 3.94. The molecule has 0 unspecified atom stereocenters. The van der Waals surface area contributed by atoms with Crippen molar-refractivity contribution in [3.63, 3.8) is 0 Å². The van der Waals surface area contributed by atoms with Crippen molar-refractivity contribution in [3.05, 3.63) is 40.9 Å². The third-order valence-corrected chi connectivity index (χ3v) is 7.05. The summed E-state index contributed by atoms with van der Waals surface area (Å²) in [6.07, 6.45) is 0.449. The van der Waals surface area contributed by atoms with Gasteiger partial charge in [-0.3, -0.25) is 4.79 Å². The standard InChI is InChI=1S/C16H18N2O3S2/c1-11-13(22-15(17-11)12-6-4-3-5-7-12)14(19)18-16(2)8-9-23(20,21)10-16/h3-7H,8-10H2,1-2H3,(H,18,19)/t16-/m0/s1. The number of carbonyl (C=O) groups is 1. The molecule has 1 aromatic carbocycles. The van der Waals surface area contributed by atoms with Crippen LogP contribution in [0.1, 0.15) is 28.7 Å². The number of thiazole rings is 1. The van der Waals surface area contributed by atoms with Gasteiger partial charge in [0, 0.05) is 5.56 Å². The van der Waals surface area contributed by atoms with Crippen molar-refractivity contribution < 1.29 is 13.2 Å². The first-order chi connectivity index (χ1) is 10.8. The van der Waals surface area contributed by atoms with Gasteiger partial charge in [-0.1, -0.05) is 30.3 Å². The lowest BCUT2D eigenvalue weighted by Gasteiger charge is -2.23. The molecule has 1 N–H and O–H groups in total. The van der Waals surface area contributed by atoms with Crippen molar-refractivity contribution >= 4 is 27.1 Å². The van der Waals surface area contributed by atoms with E-state index >= 15 is 0 Å². The molecular weight excluding hydrogens is 332 g/mol. The van der Waals surface area contributed by atoms with Crippen molar-refractivity contribution in [1.29, 1.82) is 0 Å². The van der Waals surface area contributed by atoms with Gasteiger partial charge in [0.25, 0.3) is 5.91 Å². The first-order valence-corrected chi connectivity index (χ1v) is 9.98. The average Bonchev–Trinajstić information content (AvgIpc) is 3.00. The number of benzene rings is 1. The number of nitrogens with zero attached hydrogens (tertiary/aromatic N) is 1. The third kappa shape index (κ3) is 3.45. The molecule has 1 saturated heterocycles. The summed E-state index contributed by atoms with van der Waals surface area (Å²) in [5, 5.41) is 3.67. The van der Waals surface area contributed by atoms with Crippen LogP contribution in [-0.2, 0) is 9.84 Å². The van der Waals surface area contributed by atoms with Crippen LogP contribution in [0, 0.1) is 6.92 Å². The largest absolute Gasteiger partial charge is 0.345 e. The first-order valence-electron chi connectivity index (χ1n) is 7.34. The van der Waals surface area contributed by atoms with Crippen LogP contribution in [0.5, 0.6) is 0 Å². The topological polar surface area (TPSA) is 76.1 Å². The summed E-state index contributed by atoms with van der Waals surface area (Å²) < 4.78 is 23.3. The van der Waals surface area contributed by atoms with Crippen molar-refractivity contribution in [1.82, 2.24) is 10.3 Å². The summed E-state index contributed by atoms with van der Waals surface area (Å²) in [5.41, 5.74) is 0.935. The van der Waals surface area contributed by atoms with Crippen molar-refractivity contribution in [2.24, 2.45) is 0 Å². The van der Waals surface area contributed by atoms with Gasteiger partial charge in [0.05, 0.1) is 22.7 Å². The minimum atomic E-state index is -3.06. The maximum absolute atomic E-state index is 12.5. The zero-order chi connectivity index (χ0) is 16.7. The van der Waals surface area contributed by atoms with Gasteiger partial charge < -0.3 is 5.32 Å². The predicted molar refractivity (Wildman–Crippen MR) is 91.4 cm³/mol. The van der Waals surface area contributed by atoms with E-state index in [-0.39, 0.29) is 17.4 Å². The van der Waals surface area contributed by atoms with Gasteiger partial charge in [0.2, 0.25) is 0 Å². The average molecular weight is 350 g/mol. The van der Waals surface area contributed by atoms with E-state index in [1.807, 2.05) is 30.3 Å². The number of nitrogens with one attached hydrogen (secondary N) is 1. The predicted octanol–water partition coefficient (Wildman–Crippen LogP) is 2.43. The Balaban J connectivity index is 1.82. The number of hydrogen-bond acceptors (Lipinski definition) is 5. The maximum atomic E-state index is 12.5. The van der Waals surface area contributed by atoms with Gasteiger partial charge in [0.1, 0.15) is 9.88 Å². The highest BCUT2D eigenvalue weighted by Crippen LogP contribution is 2.29. The Labute approximate surface area is 139 Å². The van der Waals surface area contributed by atoms with Crippen LogP contribution in [-0.4, -0.2) is 36.4 Å². The van der Waals surface area contributed by atoms with Crippen LogP contribution in [0.2, 0.25) is 0 Å². The van der Waals surface area contributed by atoms with E-state index in [0.717, 1.165) is 10.6 Å². The molecule has 1 aliphatic heterocycles. The molecule has 5 nitrogen and oxygen atoms in total. The Kier molecular flexibility index (Phi) is 4.01. The second-order valence-electron chi connectivity index (χ2n) is 6.16. The van der Waals surface area contributed by atoms with E-state index in [9.17, 15) is 13.2 Å². The molecule has 0 bridgehead atoms. The van der Waals surface area contributed by atoms with Crippen LogP contribution in [0.3, 0.4) is 0 Å². The molecule has 0 saturated carbocycles. The molecule has 1 aliphatic rings. The Hall–Kier alpha value is -1.73. The second-order valence-corrected chi connectivity index (χ2v) is 9.34. The lowest BCUT2D eigenvalue weighted by Crippen LogP contribution is -2.46.